The Morgan fingerprint density at radius 3 is 1.36 bits per heavy atom. The lowest BCUT2D eigenvalue weighted by molar-refractivity contribution is -0.467. The fraction of sp³-hybridized carbons (Fsp3) is 0.938. The van der Waals surface area contributed by atoms with Crippen molar-refractivity contribution in [1.82, 2.24) is 0 Å². The number of esters is 1. The number of rotatable bonds is 15. The largest absolute Gasteiger partial charge is 0.468 e. The minimum atomic E-state index is -7.34. The third-order valence-corrected chi connectivity index (χ3v) is 4.46. The van der Waals surface area contributed by atoms with Crippen molar-refractivity contribution in [3.8, 4) is 0 Å². The van der Waals surface area contributed by atoms with E-state index in [9.17, 15) is 92.6 Å². The fourth-order valence-corrected chi connectivity index (χ4v) is 1.99. The maximum Gasteiger partial charge on any atom is 0.462 e. The van der Waals surface area contributed by atoms with Gasteiger partial charge in [0.1, 0.15) is 6.61 Å². The molecule has 0 aliphatic heterocycles. The van der Waals surface area contributed by atoms with Gasteiger partial charge in [0.25, 0.3) is 6.36 Å². The summed E-state index contributed by atoms with van der Waals surface area (Å²) in [6.45, 7) is -5.96. The van der Waals surface area contributed by atoms with E-state index in [0.717, 1.165) is 0 Å². The van der Waals surface area contributed by atoms with Crippen LogP contribution in [0.15, 0.2) is 0 Å². The van der Waals surface area contributed by atoms with Crippen LogP contribution in [-0.2, 0) is 28.5 Å². The van der Waals surface area contributed by atoms with Gasteiger partial charge >= 0.3 is 54.6 Å². The van der Waals surface area contributed by atoms with E-state index in [-0.39, 0.29) is 14.0 Å². The van der Waals surface area contributed by atoms with Crippen molar-refractivity contribution in [2.75, 3.05) is 20.3 Å². The number of carbonyl (C=O) groups is 1. The summed E-state index contributed by atoms with van der Waals surface area (Å²) in [5, 5.41) is 0. The molecule has 252 valence electrons. The Hall–Kier alpha value is -2.09. The van der Waals surface area contributed by atoms with Gasteiger partial charge in [-0.1, -0.05) is 0 Å². The van der Waals surface area contributed by atoms with Crippen LogP contribution in [0.2, 0.25) is 0 Å². The van der Waals surface area contributed by atoms with Gasteiger partial charge in [-0.15, -0.1) is 0 Å². The summed E-state index contributed by atoms with van der Waals surface area (Å²) < 4.78 is 272. The van der Waals surface area contributed by atoms with Crippen molar-refractivity contribution < 1.29 is 116 Å². The van der Waals surface area contributed by atoms with E-state index < -0.39 is 85.9 Å². The van der Waals surface area contributed by atoms with E-state index in [0.29, 0.717) is 0 Å². The summed E-state index contributed by atoms with van der Waals surface area (Å²) in [5.41, 5.74) is -4.26. The molecule has 0 amide bonds. The minimum Gasteiger partial charge on any atom is -0.468 e. The Morgan fingerprint density at radius 2 is 1.00 bits per heavy atom. The van der Waals surface area contributed by atoms with E-state index in [1.807, 2.05) is 4.74 Å². The lowest BCUT2D eigenvalue weighted by Crippen LogP contribution is -2.57. The molecule has 0 radical (unpaired) electrons. The first-order valence-electron chi connectivity index (χ1n) is 9.57. The van der Waals surface area contributed by atoms with E-state index in [1.54, 1.807) is 0 Å². The predicted molar refractivity (Wildman–Crippen MR) is 85.8 cm³/mol. The maximum absolute atomic E-state index is 14.4. The quantitative estimate of drug-likeness (QED) is 0.144. The van der Waals surface area contributed by atoms with Gasteiger partial charge in [-0.3, -0.25) is 14.3 Å². The van der Waals surface area contributed by atoms with Crippen molar-refractivity contribution in [2.24, 2.45) is 5.41 Å². The van der Waals surface area contributed by atoms with Crippen molar-refractivity contribution in [3.63, 3.8) is 0 Å². The molecule has 0 heterocycles. The second kappa shape index (κ2) is 12.1. The van der Waals surface area contributed by atoms with Crippen LogP contribution in [0.25, 0.3) is 0 Å². The first-order valence-corrected chi connectivity index (χ1v) is 9.57. The number of carbonyl (C=O) groups excluding carboxylic acids is 1. The van der Waals surface area contributed by atoms with E-state index in [2.05, 4.69) is 18.9 Å². The van der Waals surface area contributed by atoms with Gasteiger partial charge in [-0.25, -0.2) is 8.78 Å². The number of hydrogen-bond acceptors (Lipinski definition) is 6. The Morgan fingerprint density at radius 1 is 0.619 bits per heavy atom. The SMILES string of the molecule is COC(=O)C(C)(COC(F)(F)C(F)OC(F)(F)C(F)(F)C(F)(F)F)C(F)(F)OCC(F)OC(F)(F)C(F)(F)C(F)(F)F. The third kappa shape index (κ3) is 8.09. The van der Waals surface area contributed by atoms with Crippen molar-refractivity contribution in [2.45, 2.75) is 68.3 Å². The first kappa shape index (κ1) is 39.9. The van der Waals surface area contributed by atoms with Crippen LogP contribution in [0.4, 0.5) is 87.8 Å². The van der Waals surface area contributed by atoms with Crippen LogP contribution in [0.5, 0.6) is 0 Å². The van der Waals surface area contributed by atoms with E-state index >= 15 is 0 Å². The molecule has 0 N–H and O–H groups in total. The highest BCUT2D eigenvalue weighted by Gasteiger charge is 2.77. The van der Waals surface area contributed by atoms with Crippen molar-refractivity contribution >= 4 is 5.97 Å². The van der Waals surface area contributed by atoms with Gasteiger partial charge in [0.2, 0.25) is 6.36 Å². The average molecular weight is 680 g/mol. The molecule has 0 aromatic carbocycles. The number of methoxy groups -OCH3 is 1. The van der Waals surface area contributed by atoms with Gasteiger partial charge in [-0.2, -0.15) is 79.0 Å². The summed E-state index contributed by atoms with van der Waals surface area (Å²) in [6.07, 6.45) is -49.9. The summed E-state index contributed by atoms with van der Waals surface area (Å²) in [4.78, 5) is 11.7. The summed E-state index contributed by atoms with van der Waals surface area (Å²) in [7, 11) is 0.163. The third-order valence-electron chi connectivity index (χ3n) is 4.46. The van der Waals surface area contributed by atoms with Gasteiger partial charge < -0.3 is 14.2 Å². The van der Waals surface area contributed by atoms with Gasteiger partial charge in [0, 0.05) is 0 Å². The molecule has 42 heavy (non-hydrogen) atoms. The molecule has 0 fully saturated rings. The summed E-state index contributed by atoms with van der Waals surface area (Å²) in [6, 6.07) is 0. The summed E-state index contributed by atoms with van der Waals surface area (Å²) >= 11 is 0. The molecule has 6 nitrogen and oxygen atoms in total. The van der Waals surface area contributed by atoms with Crippen molar-refractivity contribution in [3.05, 3.63) is 0 Å². The highest BCUT2D eigenvalue weighted by atomic mass is 19.4. The Kier molecular flexibility index (Phi) is 11.5. The lowest BCUT2D eigenvalue weighted by atomic mass is 9.90. The van der Waals surface area contributed by atoms with E-state index in [4.69, 9.17) is 0 Å². The molecular weight excluding hydrogens is 668 g/mol. The molecule has 0 aliphatic rings. The molecule has 3 unspecified atom stereocenters. The molecule has 0 spiro atoms. The van der Waals surface area contributed by atoms with Gasteiger partial charge in [0.15, 0.2) is 5.41 Å². The topological polar surface area (TPSA) is 63.2 Å². The molecule has 0 aliphatic carbocycles. The van der Waals surface area contributed by atoms with Crippen LogP contribution in [0.1, 0.15) is 6.92 Å². The second-order valence-corrected chi connectivity index (χ2v) is 7.64. The molecular formula is C16H12F20O6. The van der Waals surface area contributed by atoms with Crippen LogP contribution in [0.3, 0.4) is 0 Å². The van der Waals surface area contributed by atoms with Gasteiger partial charge in [-0.05, 0) is 6.92 Å². The Balaban J connectivity index is 5.84. The predicted octanol–water partition coefficient (Wildman–Crippen LogP) is 6.59. The zero-order chi connectivity index (χ0) is 34.2. The molecule has 0 saturated heterocycles. The normalized spacial score (nSPS) is 18.0. The van der Waals surface area contributed by atoms with Gasteiger partial charge in [0.05, 0.1) is 13.7 Å². The Bertz CT molecular complexity index is 917. The fourth-order valence-electron chi connectivity index (χ4n) is 1.99. The smallest absolute Gasteiger partial charge is 0.462 e. The molecule has 0 rings (SSSR count). The zero-order valence-corrected chi connectivity index (χ0v) is 19.6. The average Bonchev–Trinajstić information content (AvgIpc) is 2.78. The highest BCUT2D eigenvalue weighted by Crippen LogP contribution is 2.50. The molecule has 26 heteroatoms. The van der Waals surface area contributed by atoms with Crippen LogP contribution < -0.4 is 0 Å². The second-order valence-electron chi connectivity index (χ2n) is 7.64. The monoisotopic (exact) mass is 680 g/mol. The zero-order valence-electron chi connectivity index (χ0n) is 19.6. The number of halogens is 20. The number of alkyl halides is 20. The molecule has 0 aromatic rings. The lowest BCUT2D eigenvalue weighted by Gasteiger charge is -2.36. The number of hydrogen-bond donors (Lipinski definition) is 0. The first-order chi connectivity index (χ1) is 18.2. The van der Waals surface area contributed by atoms with Crippen LogP contribution in [0, 0.1) is 5.41 Å². The summed E-state index contributed by atoms with van der Waals surface area (Å²) in [5.74, 6) is -17.0. The molecule has 0 bridgehead atoms. The molecule has 0 aromatic heterocycles. The van der Waals surface area contributed by atoms with Crippen LogP contribution >= 0.6 is 0 Å². The molecule has 0 saturated carbocycles. The highest BCUT2D eigenvalue weighted by molar-refractivity contribution is 5.77. The maximum atomic E-state index is 14.4. The molecule has 3 atom stereocenters. The Labute approximate surface area is 217 Å². The standard InChI is InChI=1S/C16H12F20O6/c1-8(7(37)38-2,4-40-9(19,20)6(18)42-16(35,36)11(23,24)13(28,29)30)14(31,32)39-3-5(17)41-15(33,34)10(21,22)12(25,26)27/h5-6H,3-4H2,1-2H3. The van der Waals surface area contributed by atoms with E-state index in [1.165, 1.54) is 0 Å². The van der Waals surface area contributed by atoms with Crippen molar-refractivity contribution in [1.29, 1.82) is 0 Å². The number of ether oxygens (including phenoxy) is 5. The minimum absolute atomic E-state index is 0.163. The van der Waals surface area contributed by atoms with Crippen LogP contribution in [-0.4, -0.2) is 87.6 Å².